The maximum atomic E-state index is 13.7. The first-order chi connectivity index (χ1) is 9.90. The van der Waals surface area contributed by atoms with Crippen LogP contribution in [-0.2, 0) is 0 Å². The molecule has 1 N–H and O–H groups in total. The molecule has 2 aromatic carbocycles. The lowest BCUT2D eigenvalue weighted by Gasteiger charge is -2.16. The van der Waals surface area contributed by atoms with E-state index in [1.165, 1.54) is 12.1 Å². The third-order valence-corrected chi connectivity index (χ3v) is 4.64. The van der Waals surface area contributed by atoms with E-state index in [2.05, 4.69) is 27.9 Å². The lowest BCUT2D eigenvalue weighted by atomic mass is 10.1. The number of carbonyl (C=O) groups excluding carboxylic acids is 1. The monoisotopic (exact) mass is 401 g/mol. The fourth-order valence-corrected chi connectivity index (χ4v) is 2.63. The highest BCUT2D eigenvalue weighted by atomic mass is 127. The van der Waals surface area contributed by atoms with Crippen LogP contribution in [0.15, 0.2) is 36.4 Å². The second-order valence-corrected chi connectivity index (χ2v) is 5.88. The van der Waals surface area contributed by atoms with Gasteiger partial charge < -0.3 is 5.32 Å². The highest BCUT2D eigenvalue weighted by Crippen LogP contribution is 2.20. The van der Waals surface area contributed by atoms with Crippen LogP contribution in [0.1, 0.15) is 34.5 Å². The zero-order chi connectivity index (χ0) is 15.6. The Hall–Kier alpha value is -1.50. The van der Waals surface area contributed by atoms with Gasteiger partial charge in [0.05, 0.1) is 11.6 Å². The van der Waals surface area contributed by atoms with Crippen molar-refractivity contribution in [2.75, 3.05) is 0 Å². The summed E-state index contributed by atoms with van der Waals surface area (Å²) in [6.45, 7) is 3.58. The van der Waals surface area contributed by atoms with E-state index < -0.39 is 17.7 Å². The first-order valence-electron chi connectivity index (χ1n) is 6.41. The first kappa shape index (κ1) is 15.9. The molecule has 0 aliphatic rings. The van der Waals surface area contributed by atoms with Crippen molar-refractivity contribution < 1.29 is 13.6 Å². The molecule has 5 heteroatoms. The van der Waals surface area contributed by atoms with Crippen LogP contribution in [-0.4, -0.2) is 5.91 Å². The van der Waals surface area contributed by atoms with E-state index in [9.17, 15) is 13.6 Å². The van der Waals surface area contributed by atoms with Crippen molar-refractivity contribution in [2.45, 2.75) is 19.9 Å². The van der Waals surface area contributed by atoms with Crippen molar-refractivity contribution in [1.29, 1.82) is 0 Å². The molecule has 0 fully saturated rings. The number of hydrogen-bond donors (Lipinski definition) is 1. The van der Waals surface area contributed by atoms with Crippen LogP contribution < -0.4 is 5.32 Å². The minimum absolute atomic E-state index is 0.257. The Kier molecular flexibility index (Phi) is 4.92. The Balaban J connectivity index is 2.21. The van der Waals surface area contributed by atoms with Crippen LogP contribution in [0.5, 0.6) is 0 Å². The van der Waals surface area contributed by atoms with E-state index in [1.54, 1.807) is 19.1 Å². The van der Waals surface area contributed by atoms with Crippen LogP contribution in [0.25, 0.3) is 0 Å². The van der Waals surface area contributed by atoms with Gasteiger partial charge >= 0.3 is 0 Å². The van der Waals surface area contributed by atoms with E-state index in [0.29, 0.717) is 5.56 Å². The molecule has 0 radical (unpaired) electrons. The number of benzene rings is 2. The molecule has 21 heavy (non-hydrogen) atoms. The molecule has 0 bridgehead atoms. The van der Waals surface area contributed by atoms with E-state index in [1.807, 2.05) is 13.0 Å². The van der Waals surface area contributed by atoms with Crippen molar-refractivity contribution in [3.63, 3.8) is 0 Å². The molecular weight excluding hydrogens is 387 g/mol. The van der Waals surface area contributed by atoms with Gasteiger partial charge in [-0.2, -0.15) is 0 Å². The van der Waals surface area contributed by atoms with Gasteiger partial charge in [-0.1, -0.05) is 18.2 Å². The summed E-state index contributed by atoms with van der Waals surface area (Å²) in [7, 11) is 0. The van der Waals surface area contributed by atoms with E-state index in [4.69, 9.17) is 0 Å². The predicted octanol–water partition coefficient (Wildman–Crippen LogP) is 4.37. The maximum absolute atomic E-state index is 13.7. The van der Waals surface area contributed by atoms with Crippen molar-refractivity contribution >= 4 is 28.5 Å². The Labute approximate surface area is 135 Å². The topological polar surface area (TPSA) is 29.1 Å². The van der Waals surface area contributed by atoms with Crippen molar-refractivity contribution in [3.8, 4) is 0 Å². The normalized spacial score (nSPS) is 12.0. The first-order valence-corrected chi connectivity index (χ1v) is 7.49. The van der Waals surface area contributed by atoms with Gasteiger partial charge in [0.25, 0.3) is 5.91 Å². The summed E-state index contributed by atoms with van der Waals surface area (Å²) in [5, 5.41) is 2.73. The minimum atomic E-state index is -0.665. The van der Waals surface area contributed by atoms with E-state index >= 15 is 0 Å². The van der Waals surface area contributed by atoms with E-state index in [0.717, 1.165) is 15.2 Å². The van der Waals surface area contributed by atoms with Gasteiger partial charge in [0.2, 0.25) is 0 Å². The highest BCUT2D eigenvalue weighted by molar-refractivity contribution is 14.1. The average molecular weight is 401 g/mol. The van der Waals surface area contributed by atoms with Gasteiger partial charge in [0.1, 0.15) is 11.6 Å². The number of aryl methyl sites for hydroxylation is 1. The predicted molar refractivity (Wildman–Crippen MR) is 86.1 cm³/mol. The standard InChI is InChI=1S/C16H14F2INO/c1-9-4-3-5-13(15(9)19)16(21)20-10(2)12-7-6-11(17)8-14(12)18/h3-8,10H,1-2H3,(H,20,21). The van der Waals surface area contributed by atoms with Crippen LogP contribution in [0.2, 0.25) is 0 Å². The molecule has 0 heterocycles. The Morgan fingerprint density at radius 2 is 1.95 bits per heavy atom. The summed E-state index contributed by atoms with van der Waals surface area (Å²) in [6.07, 6.45) is 0. The summed E-state index contributed by atoms with van der Waals surface area (Å²) in [5.74, 6) is -1.58. The molecule has 0 saturated heterocycles. The summed E-state index contributed by atoms with van der Waals surface area (Å²) in [4.78, 5) is 12.3. The lowest BCUT2D eigenvalue weighted by Crippen LogP contribution is -2.28. The molecule has 0 aromatic heterocycles. The second-order valence-electron chi connectivity index (χ2n) is 4.80. The molecular formula is C16H14F2INO. The summed E-state index contributed by atoms with van der Waals surface area (Å²) in [6, 6.07) is 8.23. The van der Waals surface area contributed by atoms with Crippen LogP contribution in [0.3, 0.4) is 0 Å². The quantitative estimate of drug-likeness (QED) is 0.761. The number of rotatable bonds is 3. The molecule has 1 atom stereocenters. The zero-order valence-corrected chi connectivity index (χ0v) is 13.7. The molecule has 0 saturated carbocycles. The maximum Gasteiger partial charge on any atom is 0.252 e. The van der Waals surface area contributed by atoms with Crippen molar-refractivity contribution in [2.24, 2.45) is 0 Å². The van der Waals surface area contributed by atoms with Crippen molar-refractivity contribution in [3.05, 3.63) is 68.3 Å². The molecule has 2 aromatic rings. The largest absolute Gasteiger partial charge is 0.345 e. The number of amides is 1. The van der Waals surface area contributed by atoms with Crippen LogP contribution in [0.4, 0.5) is 8.78 Å². The third kappa shape index (κ3) is 3.58. The van der Waals surface area contributed by atoms with Crippen LogP contribution >= 0.6 is 22.6 Å². The second kappa shape index (κ2) is 6.51. The Morgan fingerprint density at radius 3 is 2.62 bits per heavy atom. The third-order valence-electron chi connectivity index (χ3n) is 3.21. The minimum Gasteiger partial charge on any atom is -0.345 e. The van der Waals surface area contributed by atoms with Crippen LogP contribution in [0, 0.1) is 22.1 Å². The molecule has 1 unspecified atom stereocenters. The fraction of sp³-hybridized carbons (Fsp3) is 0.188. The Morgan fingerprint density at radius 1 is 1.24 bits per heavy atom. The number of carbonyl (C=O) groups is 1. The smallest absolute Gasteiger partial charge is 0.252 e. The highest BCUT2D eigenvalue weighted by Gasteiger charge is 2.17. The van der Waals surface area contributed by atoms with Gasteiger partial charge in [0, 0.05) is 15.2 Å². The fourth-order valence-electron chi connectivity index (χ4n) is 2.03. The molecule has 0 aliphatic heterocycles. The van der Waals surface area contributed by atoms with Gasteiger partial charge in [0.15, 0.2) is 0 Å². The van der Waals surface area contributed by atoms with E-state index in [-0.39, 0.29) is 11.5 Å². The number of hydrogen-bond acceptors (Lipinski definition) is 1. The molecule has 0 aliphatic carbocycles. The molecule has 0 spiro atoms. The zero-order valence-electron chi connectivity index (χ0n) is 11.6. The van der Waals surface area contributed by atoms with Gasteiger partial charge in [-0.25, -0.2) is 8.78 Å². The average Bonchev–Trinajstić information content (AvgIpc) is 2.41. The molecule has 2 nitrogen and oxygen atoms in total. The van der Waals surface area contributed by atoms with Gasteiger partial charge in [-0.15, -0.1) is 0 Å². The number of halogens is 3. The Bertz CT molecular complexity index is 688. The van der Waals surface area contributed by atoms with Crippen molar-refractivity contribution in [1.82, 2.24) is 5.32 Å². The van der Waals surface area contributed by atoms with Gasteiger partial charge in [-0.05, 0) is 54.1 Å². The summed E-state index contributed by atoms with van der Waals surface area (Å²) < 4.78 is 27.5. The summed E-state index contributed by atoms with van der Waals surface area (Å²) >= 11 is 2.11. The SMILES string of the molecule is Cc1cccc(C(=O)NC(C)c2ccc(F)cc2F)c1I. The number of nitrogens with one attached hydrogen (secondary N) is 1. The molecule has 1 amide bonds. The lowest BCUT2D eigenvalue weighted by molar-refractivity contribution is 0.0938. The van der Waals surface area contributed by atoms with Gasteiger partial charge in [-0.3, -0.25) is 4.79 Å². The summed E-state index contributed by atoms with van der Waals surface area (Å²) in [5.41, 5.74) is 1.81. The molecule has 2 rings (SSSR count). The molecule has 110 valence electrons.